The monoisotopic (exact) mass is 395 g/mol. The van der Waals surface area contributed by atoms with Gasteiger partial charge in [-0.3, -0.25) is 4.90 Å². The van der Waals surface area contributed by atoms with Crippen LogP contribution in [0.15, 0.2) is 73.3 Å². The minimum absolute atomic E-state index is 0.335. The summed E-state index contributed by atoms with van der Waals surface area (Å²) < 4.78 is 5.75. The lowest BCUT2D eigenvalue weighted by Crippen LogP contribution is -2.43. The van der Waals surface area contributed by atoms with Crippen molar-refractivity contribution in [1.82, 2.24) is 4.90 Å². The predicted octanol–water partition coefficient (Wildman–Crippen LogP) is 5.74. The molecule has 0 spiro atoms. The van der Waals surface area contributed by atoms with Crippen LogP contribution in [0.2, 0.25) is 0 Å². The molecule has 3 atom stereocenters. The lowest BCUT2D eigenvalue weighted by molar-refractivity contribution is -0.00278. The van der Waals surface area contributed by atoms with E-state index in [1.165, 1.54) is 0 Å². The first-order chi connectivity index (χ1) is 13.8. The molecule has 0 unspecified atom stereocenters. The van der Waals surface area contributed by atoms with Crippen LogP contribution >= 0.6 is 0 Å². The van der Waals surface area contributed by atoms with Crippen LogP contribution in [0.5, 0.6) is 0 Å². The fourth-order valence-electron chi connectivity index (χ4n) is 3.41. The fraction of sp³-hybridized carbons (Fsp3) is 0.400. The Kier molecular flexibility index (Phi) is 8.03. The van der Waals surface area contributed by atoms with Gasteiger partial charge in [0.25, 0.3) is 0 Å². The Balaban J connectivity index is 2.54. The van der Waals surface area contributed by atoms with Crippen molar-refractivity contribution in [3.63, 3.8) is 0 Å². The van der Waals surface area contributed by atoms with Crippen LogP contribution in [0.1, 0.15) is 51.3 Å². The number of hydrogen-bond donors (Lipinski definition) is 1. The minimum Gasteiger partial charge on any atom is -0.444 e. The molecule has 0 saturated heterocycles. The zero-order valence-electron chi connectivity index (χ0n) is 17.9. The quantitative estimate of drug-likeness (QED) is 0.580. The average molecular weight is 396 g/mol. The highest BCUT2D eigenvalue weighted by Crippen LogP contribution is 2.35. The van der Waals surface area contributed by atoms with Gasteiger partial charge in [-0.05, 0) is 38.3 Å². The Morgan fingerprint density at radius 3 is 2.14 bits per heavy atom. The summed E-state index contributed by atoms with van der Waals surface area (Å²) in [6, 6.07) is 19.2. The van der Waals surface area contributed by atoms with Crippen molar-refractivity contribution >= 4 is 6.09 Å². The molecule has 0 fully saturated rings. The second-order valence-corrected chi connectivity index (χ2v) is 8.24. The van der Waals surface area contributed by atoms with E-state index in [1.54, 1.807) is 11.0 Å². The van der Waals surface area contributed by atoms with Crippen LogP contribution in [-0.2, 0) is 11.3 Å². The lowest BCUT2D eigenvalue weighted by Gasteiger charge is -2.39. The van der Waals surface area contributed by atoms with Gasteiger partial charge in [-0.25, -0.2) is 4.79 Å². The molecule has 29 heavy (non-hydrogen) atoms. The van der Waals surface area contributed by atoms with Crippen molar-refractivity contribution in [2.45, 2.75) is 58.4 Å². The maximum Gasteiger partial charge on any atom is 0.411 e. The molecule has 1 amide bonds. The fourth-order valence-corrected chi connectivity index (χ4v) is 3.41. The van der Waals surface area contributed by atoms with Crippen LogP contribution in [0.3, 0.4) is 0 Å². The molecule has 2 rings (SSSR count). The van der Waals surface area contributed by atoms with E-state index in [4.69, 9.17) is 4.74 Å². The van der Waals surface area contributed by atoms with Crippen LogP contribution < -0.4 is 0 Å². The Labute approximate surface area is 174 Å². The number of rotatable bonds is 8. The maximum atomic E-state index is 13.3. The van der Waals surface area contributed by atoms with Gasteiger partial charge in [0.15, 0.2) is 0 Å². The molecule has 0 bridgehead atoms. The highest BCUT2D eigenvalue weighted by atomic mass is 16.6. The van der Waals surface area contributed by atoms with Gasteiger partial charge >= 0.3 is 6.09 Å². The van der Waals surface area contributed by atoms with E-state index >= 15 is 0 Å². The van der Waals surface area contributed by atoms with Crippen LogP contribution in [0, 0.1) is 5.92 Å². The molecule has 0 aromatic heterocycles. The topological polar surface area (TPSA) is 49.8 Å². The number of carbonyl (C=O) groups excluding carboxylic acids is 1. The SMILES string of the molecule is C=C[C@@H]([C@@H](c1ccccc1)N(Cc1ccccc1)C(=O)OC(C)(C)C)[C@@H](O)CC. The molecule has 0 saturated carbocycles. The Bertz CT molecular complexity index is 768. The first-order valence-electron chi connectivity index (χ1n) is 10.2. The number of carbonyl (C=O) groups is 1. The number of benzene rings is 2. The maximum absolute atomic E-state index is 13.3. The average Bonchev–Trinajstić information content (AvgIpc) is 2.70. The molecule has 4 heteroatoms. The second-order valence-electron chi connectivity index (χ2n) is 8.24. The molecular weight excluding hydrogens is 362 g/mol. The Morgan fingerprint density at radius 1 is 1.10 bits per heavy atom. The van der Waals surface area contributed by atoms with Crippen LogP contribution in [0.25, 0.3) is 0 Å². The predicted molar refractivity (Wildman–Crippen MR) is 117 cm³/mol. The third kappa shape index (κ3) is 6.47. The van der Waals surface area contributed by atoms with Crippen LogP contribution in [-0.4, -0.2) is 27.8 Å². The molecular formula is C25H33NO3. The number of amides is 1. The summed E-state index contributed by atoms with van der Waals surface area (Å²) in [5.74, 6) is -0.335. The summed E-state index contributed by atoms with van der Waals surface area (Å²) in [5, 5.41) is 10.7. The summed E-state index contributed by atoms with van der Waals surface area (Å²) >= 11 is 0. The highest BCUT2D eigenvalue weighted by molar-refractivity contribution is 5.69. The molecule has 0 aliphatic rings. The molecule has 0 aliphatic heterocycles. The van der Waals surface area contributed by atoms with Crippen molar-refractivity contribution in [2.24, 2.45) is 5.92 Å². The third-order valence-electron chi connectivity index (χ3n) is 4.80. The van der Waals surface area contributed by atoms with Gasteiger partial charge in [-0.15, -0.1) is 6.58 Å². The zero-order chi connectivity index (χ0) is 21.4. The van der Waals surface area contributed by atoms with Crippen molar-refractivity contribution < 1.29 is 14.6 Å². The Hall–Kier alpha value is -2.59. The van der Waals surface area contributed by atoms with Gasteiger partial charge in [0.2, 0.25) is 0 Å². The standard InChI is InChI=1S/C25H33NO3/c1-6-21(22(27)7-2)23(20-16-12-9-13-17-20)26(24(28)29-25(3,4)5)18-19-14-10-8-11-15-19/h6,8-17,21-23,27H,1,7,18H2,2-5H3/t21-,22+,23-/m1/s1. The smallest absolute Gasteiger partial charge is 0.411 e. The first-order valence-corrected chi connectivity index (χ1v) is 10.2. The van der Waals surface area contributed by atoms with Crippen molar-refractivity contribution in [3.05, 3.63) is 84.4 Å². The van der Waals surface area contributed by atoms with Crippen molar-refractivity contribution in [2.75, 3.05) is 0 Å². The summed E-state index contributed by atoms with van der Waals surface area (Å²) in [7, 11) is 0. The summed E-state index contributed by atoms with van der Waals surface area (Å²) in [4.78, 5) is 15.0. The number of ether oxygens (including phenoxy) is 1. The number of hydrogen-bond acceptors (Lipinski definition) is 3. The molecule has 0 heterocycles. The van der Waals surface area contributed by atoms with E-state index in [1.807, 2.05) is 88.4 Å². The lowest BCUT2D eigenvalue weighted by atomic mass is 9.86. The number of aliphatic hydroxyl groups is 1. The molecule has 0 aliphatic carbocycles. The van der Waals surface area contributed by atoms with E-state index < -0.39 is 23.8 Å². The normalized spacial score (nSPS) is 14.5. The third-order valence-corrected chi connectivity index (χ3v) is 4.80. The van der Waals surface area contributed by atoms with Crippen LogP contribution in [0.4, 0.5) is 4.79 Å². The van der Waals surface area contributed by atoms with E-state index in [2.05, 4.69) is 6.58 Å². The number of aliphatic hydroxyl groups excluding tert-OH is 1. The molecule has 1 N–H and O–H groups in total. The Morgan fingerprint density at radius 2 is 1.66 bits per heavy atom. The van der Waals surface area contributed by atoms with Gasteiger partial charge in [-0.1, -0.05) is 73.7 Å². The van der Waals surface area contributed by atoms with E-state index in [-0.39, 0.29) is 5.92 Å². The molecule has 4 nitrogen and oxygen atoms in total. The second kappa shape index (κ2) is 10.3. The molecule has 156 valence electrons. The van der Waals surface area contributed by atoms with Gasteiger partial charge < -0.3 is 9.84 Å². The van der Waals surface area contributed by atoms with E-state index in [0.717, 1.165) is 11.1 Å². The number of nitrogens with zero attached hydrogens (tertiary/aromatic N) is 1. The first kappa shape index (κ1) is 22.7. The molecule has 2 aromatic rings. The van der Waals surface area contributed by atoms with E-state index in [9.17, 15) is 9.90 Å². The van der Waals surface area contributed by atoms with Gasteiger partial charge in [0.1, 0.15) is 5.60 Å². The molecule has 2 aromatic carbocycles. The van der Waals surface area contributed by atoms with Crippen molar-refractivity contribution in [3.8, 4) is 0 Å². The summed E-state index contributed by atoms with van der Waals surface area (Å²) in [6.45, 7) is 11.8. The summed E-state index contributed by atoms with van der Waals surface area (Å²) in [5.41, 5.74) is 1.31. The minimum atomic E-state index is -0.626. The molecule has 0 radical (unpaired) electrons. The highest BCUT2D eigenvalue weighted by Gasteiger charge is 2.36. The van der Waals surface area contributed by atoms with Gasteiger partial charge in [-0.2, -0.15) is 0 Å². The van der Waals surface area contributed by atoms with Gasteiger partial charge in [0, 0.05) is 12.5 Å². The summed E-state index contributed by atoms with van der Waals surface area (Å²) in [6.07, 6.45) is 1.27. The largest absolute Gasteiger partial charge is 0.444 e. The van der Waals surface area contributed by atoms with Crippen molar-refractivity contribution in [1.29, 1.82) is 0 Å². The van der Waals surface area contributed by atoms with E-state index in [0.29, 0.717) is 13.0 Å². The zero-order valence-corrected chi connectivity index (χ0v) is 17.9. The van der Waals surface area contributed by atoms with Gasteiger partial charge in [0.05, 0.1) is 12.1 Å².